The molecule has 8 rings (SSSR count). The third-order valence-corrected chi connectivity index (χ3v) is 10.2. The smallest absolute Gasteiger partial charge is 0.318 e. The Bertz CT molecular complexity index is 1130. The Morgan fingerprint density at radius 3 is 2.54 bits per heavy atom. The Kier molecular flexibility index (Phi) is 5.27. The van der Waals surface area contributed by atoms with Crippen LogP contribution in [0.25, 0.3) is 16.5 Å². The van der Waals surface area contributed by atoms with Gasteiger partial charge in [0.1, 0.15) is 0 Å². The maximum atomic E-state index is 13.3. The molecule has 5 nitrogen and oxygen atoms in total. The molecular formula is C30H40N4O. The van der Waals surface area contributed by atoms with Gasteiger partial charge in [-0.1, -0.05) is 12.1 Å². The number of carbonyl (C=O) groups is 1. The van der Waals surface area contributed by atoms with E-state index in [2.05, 4.69) is 52.7 Å². The van der Waals surface area contributed by atoms with E-state index >= 15 is 0 Å². The predicted octanol–water partition coefficient (Wildman–Crippen LogP) is 5.57. The van der Waals surface area contributed by atoms with Crippen molar-refractivity contribution in [2.24, 2.45) is 17.8 Å². The van der Waals surface area contributed by atoms with Gasteiger partial charge in [0.25, 0.3) is 0 Å². The zero-order chi connectivity index (χ0) is 23.6. The van der Waals surface area contributed by atoms with Crippen LogP contribution in [-0.2, 0) is 6.42 Å². The minimum atomic E-state index is 0.0962. The van der Waals surface area contributed by atoms with Crippen molar-refractivity contribution in [2.75, 3.05) is 26.7 Å². The number of likely N-dealkylation sites (N-methyl/N-ethyl adjacent to an activating group) is 1. The van der Waals surface area contributed by atoms with E-state index in [4.69, 9.17) is 0 Å². The number of rotatable bonds is 4. The summed E-state index contributed by atoms with van der Waals surface area (Å²) in [6.45, 7) is 2.76. The molecule has 186 valence electrons. The molecule has 4 aliphatic carbocycles. The number of aromatic nitrogens is 1. The number of aromatic amines is 1. The highest BCUT2D eigenvalue weighted by atomic mass is 16.2. The fourth-order valence-electron chi connectivity index (χ4n) is 8.72. The molecule has 0 unspecified atom stereocenters. The van der Waals surface area contributed by atoms with Crippen LogP contribution in [0.1, 0.15) is 68.9 Å². The van der Waals surface area contributed by atoms with Crippen LogP contribution in [0.5, 0.6) is 0 Å². The molecule has 2 aliphatic heterocycles. The molecule has 3 heterocycles. The van der Waals surface area contributed by atoms with E-state index in [1.54, 1.807) is 0 Å². The van der Waals surface area contributed by atoms with E-state index in [1.807, 2.05) is 4.90 Å². The molecule has 0 spiro atoms. The lowest BCUT2D eigenvalue weighted by atomic mass is 9.53. The molecule has 4 saturated carbocycles. The summed E-state index contributed by atoms with van der Waals surface area (Å²) < 4.78 is 0. The van der Waals surface area contributed by atoms with Gasteiger partial charge >= 0.3 is 6.03 Å². The van der Waals surface area contributed by atoms with Crippen LogP contribution in [0.3, 0.4) is 0 Å². The van der Waals surface area contributed by atoms with Crippen molar-refractivity contribution in [2.45, 2.75) is 75.8 Å². The lowest BCUT2D eigenvalue weighted by Crippen LogP contribution is -2.62. The highest BCUT2D eigenvalue weighted by molar-refractivity contribution is 5.87. The van der Waals surface area contributed by atoms with E-state index < -0.39 is 0 Å². The third-order valence-electron chi connectivity index (χ3n) is 10.2. The lowest BCUT2D eigenvalue weighted by molar-refractivity contribution is -0.0155. The topological polar surface area (TPSA) is 51.4 Å². The summed E-state index contributed by atoms with van der Waals surface area (Å²) in [4.78, 5) is 21.3. The Morgan fingerprint density at radius 1 is 1.11 bits per heavy atom. The van der Waals surface area contributed by atoms with E-state index in [0.717, 1.165) is 43.7 Å². The summed E-state index contributed by atoms with van der Waals surface area (Å²) >= 11 is 0. The van der Waals surface area contributed by atoms with Gasteiger partial charge in [0.2, 0.25) is 0 Å². The van der Waals surface area contributed by atoms with Crippen LogP contribution in [0, 0.1) is 17.8 Å². The fraction of sp³-hybridized carbons (Fsp3) is 0.633. The number of urea groups is 1. The van der Waals surface area contributed by atoms with E-state index in [-0.39, 0.29) is 11.6 Å². The number of nitrogens with one attached hydrogen (secondary N) is 2. The maximum absolute atomic E-state index is 13.3. The first-order chi connectivity index (χ1) is 17.0. The van der Waals surface area contributed by atoms with Gasteiger partial charge in [-0.05, 0) is 124 Å². The van der Waals surface area contributed by atoms with Gasteiger partial charge in [-0.3, -0.25) is 0 Å². The number of carbonyl (C=O) groups excluding carboxylic acids is 1. The predicted molar refractivity (Wildman–Crippen MR) is 141 cm³/mol. The van der Waals surface area contributed by atoms with Crippen LogP contribution in [0.15, 0.2) is 30.5 Å². The first-order valence-corrected chi connectivity index (χ1v) is 14.1. The zero-order valence-corrected chi connectivity index (χ0v) is 21.2. The van der Waals surface area contributed by atoms with Gasteiger partial charge in [0.05, 0.1) is 0 Å². The maximum Gasteiger partial charge on any atom is 0.318 e. The number of fused-ring (bicyclic) bond motifs is 1. The van der Waals surface area contributed by atoms with Crippen molar-refractivity contribution in [3.05, 3.63) is 41.6 Å². The van der Waals surface area contributed by atoms with Crippen LogP contribution in [-0.4, -0.2) is 59.1 Å². The molecule has 4 bridgehead atoms. The van der Waals surface area contributed by atoms with Crippen molar-refractivity contribution in [1.29, 1.82) is 0 Å². The van der Waals surface area contributed by atoms with E-state index in [0.29, 0.717) is 6.04 Å². The number of amides is 2. The molecule has 1 aromatic heterocycles. The second-order valence-corrected chi connectivity index (χ2v) is 12.6. The molecule has 2 aromatic rings. The van der Waals surface area contributed by atoms with E-state index in [1.165, 1.54) is 85.5 Å². The summed E-state index contributed by atoms with van der Waals surface area (Å²) in [5.74, 6) is 2.57. The summed E-state index contributed by atoms with van der Waals surface area (Å²) in [7, 11) is 2.26. The SMILES string of the molecule is CN1CCC[C@@H]1Cc1c[nH]c2ccc(C3=CCN(C(=O)NC45CC6CC(CC(C6)C4)C5)CC3)cc12. The van der Waals surface area contributed by atoms with Gasteiger partial charge < -0.3 is 20.1 Å². The van der Waals surface area contributed by atoms with Crippen LogP contribution < -0.4 is 5.32 Å². The number of H-pyrrole nitrogens is 1. The highest BCUT2D eigenvalue weighted by Gasteiger charge is 2.51. The van der Waals surface area contributed by atoms with Gasteiger partial charge in [-0.15, -0.1) is 0 Å². The number of likely N-dealkylation sites (tertiary alicyclic amines) is 1. The summed E-state index contributed by atoms with van der Waals surface area (Å²) in [5, 5.41) is 4.93. The highest BCUT2D eigenvalue weighted by Crippen LogP contribution is 2.55. The molecule has 2 amide bonds. The standard InChI is InChI=1S/C30H40N4O/c1-33-8-2-3-26(33)14-25-19-31-28-5-4-24(15-27(25)28)23-6-9-34(10-7-23)29(35)32-30-16-20-11-21(17-30)13-22(12-20)18-30/h4-6,15,19-22,26,31H,2-3,7-14,16-18H2,1H3,(H,32,35)/t20?,21?,22?,26-,30?/m1/s1. The Hall–Kier alpha value is -2.27. The van der Waals surface area contributed by atoms with Gasteiger partial charge in [-0.2, -0.15) is 0 Å². The Labute approximate surface area is 209 Å². The molecule has 5 fully saturated rings. The average molecular weight is 473 g/mol. The minimum Gasteiger partial charge on any atom is -0.361 e. The molecule has 2 N–H and O–H groups in total. The summed E-state index contributed by atoms with van der Waals surface area (Å²) in [5.41, 5.74) is 5.47. The van der Waals surface area contributed by atoms with Gasteiger partial charge in [0, 0.05) is 41.8 Å². The molecule has 6 aliphatic rings. The molecule has 1 atom stereocenters. The second kappa shape index (κ2) is 8.40. The van der Waals surface area contributed by atoms with E-state index in [9.17, 15) is 4.79 Å². The normalized spacial score (nSPS) is 34.5. The molecule has 1 saturated heterocycles. The largest absolute Gasteiger partial charge is 0.361 e. The monoisotopic (exact) mass is 472 g/mol. The molecule has 35 heavy (non-hydrogen) atoms. The molecule has 1 aromatic carbocycles. The first kappa shape index (κ1) is 22.0. The second-order valence-electron chi connectivity index (χ2n) is 12.6. The van der Waals surface area contributed by atoms with Crippen LogP contribution >= 0.6 is 0 Å². The Balaban J connectivity index is 1.04. The zero-order valence-electron chi connectivity index (χ0n) is 21.2. The minimum absolute atomic E-state index is 0.0962. The van der Waals surface area contributed by atoms with Crippen molar-refractivity contribution < 1.29 is 4.79 Å². The molecule has 5 heteroatoms. The number of hydrogen-bond donors (Lipinski definition) is 2. The number of benzene rings is 1. The fourth-order valence-corrected chi connectivity index (χ4v) is 8.72. The van der Waals surface area contributed by atoms with Gasteiger partial charge in [-0.25, -0.2) is 4.79 Å². The van der Waals surface area contributed by atoms with Crippen molar-refractivity contribution in [3.63, 3.8) is 0 Å². The average Bonchev–Trinajstić information content (AvgIpc) is 3.43. The molecule has 0 radical (unpaired) electrons. The number of hydrogen-bond acceptors (Lipinski definition) is 2. The van der Waals surface area contributed by atoms with Gasteiger partial charge in [0.15, 0.2) is 0 Å². The lowest BCUT2D eigenvalue weighted by Gasteiger charge is -2.57. The third kappa shape index (κ3) is 4.00. The number of nitrogens with zero attached hydrogens (tertiary/aromatic N) is 2. The summed E-state index contributed by atoms with van der Waals surface area (Å²) in [6.07, 6.45) is 17.1. The summed E-state index contributed by atoms with van der Waals surface area (Å²) in [6, 6.07) is 7.70. The van der Waals surface area contributed by atoms with Crippen LogP contribution in [0.4, 0.5) is 4.79 Å². The van der Waals surface area contributed by atoms with Crippen LogP contribution in [0.2, 0.25) is 0 Å². The Morgan fingerprint density at radius 2 is 1.89 bits per heavy atom. The quantitative estimate of drug-likeness (QED) is 0.611. The van der Waals surface area contributed by atoms with Crippen molar-refractivity contribution in [1.82, 2.24) is 20.1 Å². The van der Waals surface area contributed by atoms with Crippen molar-refractivity contribution >= 4 is 22.5 Å². The molecular weight excluding hydrogens is 432 g/mol. The van der Waals surface area contributed by atoms with Crippen molar-refractivity contribution in [3.8, 4) is 0 Å². The first-order valence-electron chi connectivity index (χ1n) is 14.1.